The standard InChI is InChI=1S/C21H14FN5/c1-13-9-16(5-6-18(13)22)25-21-17-10-14(11-23)4-7-19(17)26-20(27-21)15-3-2-8-24-12-15/h2-10,12H,1H3,(H,25,26,27). The second-order valence-electron chi connectivity index (χ2n) is 6.07. The first-order chi connectivity index (χ1) is 13.1. The SMILES string of the molecule is Cc1cc(Nc2nc(-c3cccnc3)nc3ccc(C#N)cc23)ccc1F. The van der Waals surface area contributed by atoms with Gasteiger partial charge in [-0.15, -0.1) is 0 Å². The van der Waals surface area contributed by atoms with Crippen molar-refractivity contribution in [3.05, 3.63) is 77.9 Å². The Kier molecular flexibility index (Phi) is 4.19. The van der Waals surface area contributed by atoms with Crippen molar-refractivity contribution in [2.24, 2.45) is 0 Å². The fourth-order valence-electron chi connectivity index (χ4n) is 2.78. The van der Waals surface area contributed by atoms with Crippen LogP contribution in [0.1, 0.15) is 11.1 Å². The zero-order valence-corrected chi connectivity index (χ0v) is 14.4. The summed E-state index contributed by atoms with van der Waals surface area (Å²) in [5.41, 5.74) is 3.22. The summed E-state index contributed by atoms with van der Waals surface area (Å²) in [6, 6.07) is 15.8. The number of rotatable bonds is 3. The van der Waals surface area contributed by atoms with Crippen LogP contribution in [0.5, 0.6) is 0 Å². The normalized spacial score (nSPS) is 10.6. The number of fused-ring (bicyclic) bond motifs is 1. The van der Waals surface area contributed by atoms with Gasteiger partial charge in [-0.1, -0.05) is 0 Å². The molecule has 4 aromatic rings. The van der Waals surface area contributed by atoms with Crippen LogP contribution in [-0.2, 0) is 0 Å². The van der Waals surface area contributed by atoms with Crippen LogP contribution in [0.2, 0.25) is 0 Å². The Hall–Kier alpha value is -3.85. The lowest BCUT2D eigenvalue weighted by atomic mass is 10.1. The molecule has 4 rings (SSSR count). The highest BCUT2D eigenvalue weighted by atomic mass is 19.1. The van der Waals surface area contributed by atoms with Crippen molar-refractivity contribution in [3.8, 4) is 17.5 Å². The van der Waals surface area contributed by atoms with Gasteiger partial charge in [-0.05, 0) is 61.0 Å². The molecule has 2 heterocycles. The van der Waals surface area contributed by atoms with Crippen molar-refractivity contribution < 1.29 is 4.39 Å². The van der Waals surface area contributed by atoms with E-state index in [0.717, 1.165) is 5.56 Å². The van der Waals surface area contributed by atoms with Crippen molar-refractivity contribution in [3.63, 3.8) is 0 Å². The van der Waals surface area contributed by atoms with E-state index in [0.29, 0.717) is 39.4 Å². The number of halogens is 1. The first-order valence-electron chi connectivity index (χ1n) is 8.29. The molecule has 27 heavy (non-hydrogen) atoms. The molecule has 0 radical (unpaired) electrons. The van der Waals surface area contributed by atoms with Crippen molar-refractivity contribution in [2.45, 2.75) is 6.92 Å². The molecule has 0 unspecified atom stereocenters. The van der Waals surface area contributed by atoms with Gasteiger partial charge < -0.3 is 5.32 Å². The molecule has 2 aromatic heterocycles. The van der Waals surface area contributed by atoms with Gasteiger partial charge in [0.25, 0.3) is 0 Å². The minimum atomic E-state index is -0.268. The monoisotopic (exact) mass is 355 g/mol. The zero-order chi connectivity index (χ0) is 18.8. The van der Waals surface area contributed by atoms with Gasteiger partial charge in [-0.2, -0.15) is 5.26 Å². The number of aryl methyl sites for hydroxylation is 1. The number of nitrogens with zero attached hydrogens (tertiary/aromatic N) is 4. The Balaban J connectivity index is 1.89. The second-order valence-corrected chi connectivity index (χ2v) is 6.07. The molecule has 0 atom stereocenters. The first-order valence-corrected chi connectivity index (χ1v) is 8.29. The number of anilines is 2. The van der Waals surface area contributed by atoms with Gasteiger partial charge in [0, 0.05) is 29.0 Å². The van der Waals surface area contributed by atoms with Gasteiger partial charge in [-0.25, -0.2) is 14.4 Å². The summed E-state index contributed by atoms with van der Waals surface area (Å²) in [6.45, 7) is 1.70. The molecule has 0 aliphatic rings. The topological polar surface area (TPSA) is 74.5 Å². The Morgan fingerprint density at radius 2 is 1.96 bits per heavy atom. The predicted octanol–water partition coefficient (Wildman–Crippen LogP) is 4.75. The molecule has 130 valence electrons. The molecule has 0 aliphatic heterocycles. The summed E-state index contributed by atoms with van der Waals surface area (Å²) in [5, 5.41) is 13.2. The van der Waals surface area contributed by atoms with Crippen molar-refractivity contribution in [1.82, 2.24) is 15.0 Å². The number of nitriles is 1. The Bertz CT molecular complexity index is 1180. The third-order valence-electron chi connectivity index (χ3n) is 4.17. The third-order valence-corrected chi connectivity index (χ3v) is 4.17. The molecule has 0 saturated carbocycles. The average Bonchev–Trinajstić information content (AvgIpc) is 2.71. The first kappa shape index (κ1) is 16.6. The summed E-state index contributed by atoms with van der Waals surface area (Å²) in [7, 11) is 0. The molecule has 0 amide bonds. The number of aromatic nitrogens is 3. The highest BCUT2D eigenvalue weighted by Crippen LogP contribution is 2.28. The van der Waals surface area contributed by atoms with Crippen molar-refractivity contribution in [1.29, 1.82) is 5.26 Å². The maximum absolute atomic E-state index is 13.6. The number of nitrogens with one attached hydrogen (secondary N) is 1. The van der Waals surface area contributed by atoms with Crippen LogP contribution in [0.4, 0.5) is 15.9 Å². The van der Waals surface area contributed by atoms with Crippen LogP contribution in [0, 0.1) is 24.1 Å². The summed E-state index contributed by atoms with van der Waals surface area (Å²) < 4.78 is 13.6. The Morgan fingerprint density at radius 3 is 2.70 bits per heavy atom. The molecule has 5 nitrogen and oxygen atoms in total. The molecule has 1 N–H and O–H groups in total. The number of benzene rings is 2. The predicted molar refractivity (Wildman–Crippen MR) is 102 cm³/mol. The van der Waals surface area contributed by atoms with Gasteiger partial charge >= 0.3 is 0 Å². The lowest BCUT2D eigenvalue weighted by molar-refractivity contribution is 0.619. The molecular formula is C21H14FN5. The van der Waals surface area contributed by atoms with Gasteiger partial charge in [0.15, 0.2) is 5.82 Å². The van der Waals surface area contributed by atoms with Gasteiger partial charge in [0.2, 0.25) is 0 Å². The highest BCUT2D eigenvalue weighted by Gasteiger charge is 2.11. The number of hydrogen-bond donors (Lipinski definition) is 1. The molecule has 6 heteroatoms. The Morgan fingerprint density at radius 1 is 1.07 bits per heavy atom. The molecule has 2 aromatic carbocycles. The lowest BCUT2D eigenvalue weighted by Crippen LogP contribution is -2.00. The van der Waals surface area contributed by atoms with Gasteiger partial charge in [0.05, 0.1) is 17.1 Å². The van der Waals surface area contributed by atoms with Crippen LogP contribution in [-0.4, -0.2) is 15.0 Å². The van der Waals surface area contributed by atoms with Crippen LogP contribution in [0.15, 0.2) is 60.9 Å². The quantitative estimate of drug-likeness (QED) is 0.574. The summed E-state index contributed by atoms with van der Waals surface area (Å²) in [4.78, 5) is 13.3. The molecule has 0 bridgehead atoms. The molecule has 0 spiro atoms. The highest BCUT2D eigenvalue weighted by molar-refractivity contribution is 5.93. The summed E-state index contributed by atoms with van der Waals surface area (Å²) in [5.74, 6) is 0.791. The van der Waals surface area contributed by atoms with Crippen molar-refractivity contribution in [2.75, 3.05) is 5.32 Å². The van der Waals surface area contributed by atoms with E-state index >= 15 is 0 Å². The molecule has 0 saturated heterocycles. The fraction of sp³-hybridized carbons (Fsp3) is 0.0476. The molecule has 0 aliphatic carbocycles. The van der Waals surface area contributed by atoms with E-state index < -0.39 is 0 Å². The van der Waals surface area contributed by atoms with E-state index in [2.05, 4.69) is 26.3 Å². The number of hydrogen-bond acceptors (Lipinski definition) is 5. The van der Waals surface area contributed by atoms with E-state index in [4.69, 9.17) is 0 Å². The maximum atomic E-state index is 13.6. The summed E-state index contributed by atoms with van der Waals surface area (Å²) >= 11 is 0. The maximum Gasteiger partial charge on any atom is 0.163 e. The minimum absolute atomic E-state index is 0.268. The Labute approximate surface area is 155 Å². The fourth-order valence-corrected chi connectivity index (χ4v) is 2.78. The van der Waals surface area contributed by atoms with Gasteiger partial charge in [-0.3, -0.25) is 4.98 Å². The lowest BCUT2D eigenvalue weighted by Gasteiger charge is -2.12. The van der Waals surface area contributed by atoms with E-state index in [-0.39, 0.29) is 5.82 Å². The third kappa shape index (κ3) is 3.31. The second kappa shape index (κ2) is 6.81. The van der Waals surface area contributed by atoms with E-state index in [9.17, 15) is 9.65 Å². The van der Waals surface area contributed by atoms with Crippen LogP contribution >= 0.6 is 0 Å². The van der Waals surface area contributed by atoms with Crippen molar-refractivity contribution >= 4 is 22.4 Å². The van der Waals surface area contributed by atoms with Crippen LogP contribution in [0.3, 0.4) is 0 Å². The smallest absolute Gasteiger partial charge is 0.163 e. The van der Waals surface area contributed by atoms with E-state index in [1.807, 2.05) is 12.1 Å². The van der Waals surface area contributed by atoms with E-state index in [1.165, 1.54) is 6.07 Å². The largest absolute Gasteiger partial charge is 0.340 e. The van der Waals surface area contributed by atoms with Gasteiger partial charge in [0.1, 0.15) is 11.6 Å². The van der Waals surface area contributed by atoms with Crippen LogP contribution in [0.25, 0.3) is 22.3 Å². The zero-order valence-electron chi connectivity index (χ0n) is 14.4. The average molecular weight is 355 g/mol. The number of pyridine rings is 1. The van der Waals surface area contributed by atoms with E-state index in [1.54, 1.807) is 49.6 Å². The minimum Gasteiger partial charge on any atom is -0.340 e. The summed E-state index contributed by atoms with van der Waals surface area (Å²) in [6.07, 6.45) is 3.38. The molecular weight excluding hydrogens is 341 g/mol. The van der Waals surface area contributed by atoms with Crippen LogP contribution < -0.4 is 5.32 Å². The molecule has 0 fully saturated rings.